The van der Waals surface area contributed by atoms with Crippen LogP contribution in [0, 0.1) is 0 Å². The largest absolute Gasteiger partial charge is 0.338 e. The minimum Gasteiger partial charge on any atom is -0.338 e. The summed E-state index contributed by atoms with van der Waals surface area (Å²) in [5.41, 5.74) is 0.986. The molecule has 2 aliphatic rings. The van der Waals surface area contributed by atoms with Gasteiger partial charge in [0.15, 0.2) is 0 Å². The first kappa shape index (κ1) is 12.1. The second-order valence-corrected chi connectivity index (χ2v) is 6.08. The standard InChI is InChI=1S/C14H19N5O/c1-18-10-15-8-11(18)12-16-13(20-17-12)14-4-2-6-19(9-14)7-3-5-14/h8,10H,2-7,9H2,1H3. The zero-order valence-corrected chi connectivity index (χ0v) is 11.7. The summed E-state index contributed by atoms with van der Waals surface area (Å²) in [6.07, 6.45) is 8.31. The van der Waals surface area contributed by atoms with Crippen LogP contribution >= 0.6 is 0 Å². The zero-order chi connectivity index (χ0) is 13.6. The summed E-state index contributed by atoms with van der Waals surface area (Å²) in [6, 6.07) is 0. The molecule has 2 saturated heterocycles. The van der Waals surface area contributed by atoms with Crippen LogP contribution in [-0.4, -0.2) is 44.2 Å². The van der Waals surface area contributed by atoms with E-state index in [4.69, 9.17) is 4.52 Å². The fourth-order valence-electron chi connectivity index (χ4n) is 3.66. The first-order valence-electron chi connectivity index (χ1n) is 7.30. The lowest BCUT2D eigenvalue weighted by molar-refractivity contribution is 0.0711. The first-order valence-corrected chi connectivity index (χ1v) is 7.30. The molecule has 0 unspecified atom stereocenters. The van der Waals surface area contributed by atoms with Gasteiger partial charge in [-0.3, -0.25) is 0 Å². The highest BCUT2D eigenvalue weighted by molar-refractivity contribution is 5.47. The van der Waals surface area contributed by atoms with Crippen molar-refractivity contribution in [2.75, 3.05) is 19.6 Å². The highest BCUT2D eigenvalue weighted by Crippen LogP contribution is 2.40. The third kappa shape index (κ3) is 1.78. The maximum Gasteiger partial charge on any atom is 0.234 e. The third-order valence-electron chi connectivity index (χ3n) is 4.71. The van der Waals surface area contributed by atoms with E-state index in [1.165, 1.54) is 25.9 Å². The lowest BCUT2D eigenvalue weighted by Gasteiger charge is -2.44. The quantitative estimate of drug-likeness (QED) is 0.831. The monoisotopic (exact) mass is 273 g/mol. The first-order chi connectivity index (χ1) is 9.77. The van der Waals surface area contributed by atoms with Crippen molar-refractivity contribution in [1.29, 1.82) is 0 Å². The number of piperidine rings is 2. The maximum atomic E-state index is 5.63. The molecule has 0 radical (unpaired) electrons. The predicted molar refractivity (Wildman–Crippen MR) is 73.1 cm³/mol. The molecule has 6 nitrogen and oxygen atoms in total. The predicted octanol–water partition coefficient (Wildman–Crippen LogP) is 1.60. The average molecular weight is 273 g/mol. The van der Waals surface area contributed by atoms with Gasteiger partial charge >= 0.3 is 0 Å². The molecule has 0 aliphatic carbocycles. The SMILES string of the molecule is Cn1cncc1-c1noc(C23CCCN(CCC2)C3)n1. The lowest BCUT2D eigenvalue weighted by Crippen LogP contribution is -2.50. The highest BCUT2D eigenvalue weighted by atomic mass is 16.5. The van der Waals surface area contributed by atoms with E-state index < -0.39 is 0 Å². The molecule has 4 heterocycles. The number of hydrogen-bond acceptors (Lipinski definition) is 5. The molecule has 2 fully saturated rings. The molecular formula is C14H19N5O. The number of imidazole rings is 1. The van der Waals surface area contributed by atoms with Crippen molar-refractivity contribution >= 4 is 0 Å². The van der Waals surface area contributed by atoms with E-state index in [0.717, 1.165) is 31.0 Å². The van der Waals surface area contributed by atoms with Gasteiger partial charge in [-0.15, -0.1) is 0 Å². The Balaban J connectivity index is 1.69. The van der Waals surface area contributed by atoms with Crippen molar-refractivity contribution in [3.05, 3.63) is 18.4 Å². The molecule has 106 valence electrons. The Morgan fingerprint density at radius 2 is 2.05 bits per heavy atom. The average Bonchev–Trinajstić information content (AvgIpc) is 3.07. The van der Waals surface area contributed by atoms with E-state index in [9.17, 15) is 0 Å². The molecule has 0 spiro atoms. The highest BCUT2D eigenvalue weighted by Gasteiger charge is 2.44. The lowest BCUT2D eigenvalue weighted by atomic mass is 9.73. The Morgan fingerprint density at radius 3 is 2.75 bits per heavy atom. The molecule has 4 rings (SSSR count). The minimum atomic E-state index is 0.0837. The molecule has 0 saturated carbocycles. The second kappa shape index (κ2) is 4.41. The van der Waals surface area contributed by atoms with Crippen LogP contribution in [0.2, 0.25) is 0 Å². The summed E-state index contributed by atoms with van der Waals surface area (Å²) in [5.74, 6) is 1.47. The Kier molecular flexibility index (Phi) is 2.66. The van der Waals surface area contributed by atoms with Crippen LogP contribution in [0.15, 0.2) is 17.0 Å². The van der Waals surface area contributed by atoms with Crippen molar-refractivity contribution in [2.45, 2.75) is 31.1 Å². The minimum absolute atomic E-state index is 0.0837. The van der Waals surface area contributed by atoms with Crippen molar-refractivity contribution in [3.63, 3.8) is 0 Å². The molecule has 0 N–H and O–H groups in total. The molecule has 0 aromatic carbocycles. The van der Waals surface area contributed by atoms with Gasteiger partial charge in [-0.05, 0) is 38.8 Å². The van der Waals surface area contributed by atoms with Gasteiger partial charge in [0.2, 0.25) is 11.7 Å². The Labute approximate surface area is 117 Å². The van der Waals surface area contributed by atoms with Crippen LogP contribution in [0.1, 0.15) is 31.6 Å². The van der Waals surface area contributed by atoms with Crippen molar-refractivity contribution in [1.82, 2.24) is 24.6 Å². The molecule has 2 aromatic heterocycles. The smallest absolute Gasteiger partial charge is 0.234 e. The van der Waals surface area contributed by atoms with Crippen molar-refractivity contribution < 1.29 is 4.52 Å². The van der Waals surface area contributed by atoms with Crippen LogP contribution in [0.25, 0.3) is 11.5 Å². The van der Waals surface area contributed by atoms with E-state index in [1.54, 1.807) is 12.5 Å². The van der Waals surface area contributed by atoms with Gasteiger partial charge in [-0.25, -0.2) is 4.98 Å². The molecule has 6 heteroatoms. The zero-order valence-electron chi connectivity index (χ0n) is 11.7. The van der Waals surface area contributed by atoms with Crippen LogP contribution in [0.3, 0.4) is 0 Å². The summed E-state index contributed by atoms with van der Waals surface area (Å²) in [4.78, 5) is 11.3. The van der Waals surface area contributed by atoms with Crippen LogP contribution in [0.4, 0.5) is 0 Å². The Bertz CT molecular complexity index is 607. The topological polar surface area (TPSA) is 60.0 Å². The van der Waals surface area contributed by atoms with E-state index in [1.807, 2.05) is 11.6 Å². The number of fused-ring (bicyclic) bond motifs is 2. The Morgan fingerprint density at radius 1 is 1.25 bits per heavy atom. The normalized spacial score (nSPS) is 29.6. The van der Waals surface area contributed by atoms with Crippen molar-refractivity contribution in [3.8, 4) is 11.5 Å². The van der Waals surface area contributed by atoms with Gasteiger partial charge in [-0.2, -0.15) is 4.98 Å². The van der Waals surface area contributed by atoms with Gasteiger partial charge in [-0.1, -0.05) is 5.16 Å². The number of aryl methyl sites for hydroxylation is 1. The summed E-state index contributed by atoms with van der Waals surface area (Å²) < 4.78 is 7.55. The van der Waals surface area contributed by atoms with Crippen LogP contribution in [-0.2, 0) is 12.5 Å². The van der Waals surface area contributed by atoms with Gasteiger partial charge in [0.1, 0.15) is 5.69 Å². The fourth-order valence-corrected chi connectivity index (χ4v) is 3.66. The molecule has 2 aromatic rings. The summed E-state index contributed by atoms with van der Waals surface area (Å²) in [6.45, 7) is 3.50. The molecule has 2 bridgehead atoms. The van der Waals surface area contributed by atoms with E-state index in [-0.39, 0.29) is 5.41 Å². The summed E-state index contributed by atoms with van der Waals surface area (Å²) >= 11 is 0. The number of aromatic nitrogens is 4. The maximum absolute atomic E-state index is 5.63. The van der Waals surface area contributed by atoms with Crippen LogP contribution < -0.4 is 0 Å². The Hall–Kier alpha value is -1.69. The van der Waals surface area contributed by atoms with E-state index in [0.29, 0.717) is 5.82 Å². The fraction of sp³-hybridized carbons (Fsp3) is 0.643. The molecule has 2 aliphatic heterocycles. The van der Waals surface area contributed by atoms with E-state index >= 15 is 0 Å². The summed E-state index contributed by atoms with van der Waals surface area (Å²) in [5, 5.41) is 4.17. The molecule has 0 amide bonds. The van der Waals surface area contributed by atoms with Gasteiger partial charge in [0, 0.05) is 13.6 Å². The molecule has 20 heavy (non-hydrogen) atoms. The van der Waals surface area contributed by atoms with Crippen LogP contribution in [0.5, 0.6) is 0 Å². The molecular weight excluding hydrogens is 254 g/mol. The number of nitrogens with zero attached hydrogens (tertiary/aromatic N) is 5. The van der Waals surface area contributed by atoms with E-state index in [2.05, 4.69) is 20.0 Å². The van der Waals surface area contributed by atoms with Gasteiger partial charge in [0.05, 0.1) is 17.9 Å². The van der Waals surface area contributed by atoms with Gasteiger partial charge in [0.25, 0.3) is 0 Å². The van der Waals surface area contributed by atoms with Gasteiger partial charge < -0.3 is 14.0 Å². The number of rotatable bonds is 2. The molecule has 0 atom stereocenters. The van der Waals surface area contributed by atoms with Crippen molar-refractivity contribution in [2.24, 2.45) is 7.05 Å². The summed E-state index contributed by atoms with van der Waals surface area (Å²) in [7, 11) is 1.94. The second-order valence-electron chi connectivity index (χ2n) is 6.08. The third-order valence-corrected chi connectivity index (χ3v) is 4.71. The number of hydrogen-bond donors (Lipinski definition) is 0.